The molecule has 0 spiro atoms. The van der Waals surface area contributed by atoms with Gasteiger partial charge in [0.2, 0.25) is 15.9 Å². The molecule has 1 aromatic carbocycles. The number of benzene rings is 1. The zero-order chi connectivity index (χ0) is 18.3. The van der Waals surface area contributed by atoms with Crippen LogP contribution in [-0.4, -0.2) is 51.3 Å². The normalized spacial score (nSPS) is 15.6. The summed E-state index contributed by atoms with van der Waals surface area (Å²) < 4.78 is 31.1. The summed E-state index contributed by atoms with van der Waals surface area (Å²) in [4.78, 5) is 23.1. The molecule has 1 aliphatic rings. The first kappa shape index (κ1) is 19.4. The summed E-state index contributed by atoms with van der Waals surface area (Å²) in [6.45, 7) is 1.34. The number of amides is 1. The van der Waals surface area contributed by atoms with Gasteiger partial charge in [-0.15, -0.1) is 0 Å². The molecule has 1 aromatic rings. The minimum Gasteiger partial charge on any atom is -0.469 e. The maximum Gasteiger partial charge on any atom is 0.307 e. The number of nitrogens with zero attached hydrogens (tertiary/aromatic N) is 1. The van der Waals surface area contributed by atoms with E-state index in [1.165, 1.54) is 11.4 Å². The number of ether oxygens (including phenoxy) is 1. The fourth-order valence-corrected chi connectivity index (χ4v) is 4.20. The third-order valence-electron chi connectivity index (χ3n) is 4.12. The summed E-state index contributed by atoms with van der Waals surface area (Å²) in [5, 5.41) is 2.63. The Balaban J connectivity index is 1.90. The molecule has 1 fully saturated rings. The first-order valence-electron chi connectivity index (χ1n) is 8.36. The first-order chi connectivity index (χ1) is 11.9. The molecule has 1 heterocycles. The van der Waals surface area contributed by atoms with E-state index < -0.39 is 10.0 Å². The molecule has 0 radical (unpaired) electrons. The zero-order valence-electron chi connectivity index (χ0n) is 14.4. The fraction of sp³-hybridized carbons (Fsp3) is 0.529. The second kappa shape index (κ2) is 8.96. The molecular weight excluding hydrogens is 344 g/mol. The molecule has 25 heavy (non-hydrogen) atoms. The standard InChI is InChI=1S/C17H24N2O5S/c1-24-17(21)9-10-18-16(20)13-14-5-7-15(8-6-14)25(22,23)19-11-3-2-4-12-19/h5-8H,2-4,9-13H2,1H3,(H,18,20). The van der Waals surface area contributed by atoms with Crippen molar-refractivity contribution in [3.8, 4) is 0 Å². The van der Waals surface area contributed by atoms with Crippen LogP contribution in [-0.2, 0) is 30.8 Å². The smallest absolute Gasteiger partial charge is 0.307 e. The summed E-state index contributed by atoms with van der Waals surface area (Å²) >= 11 is 0. The van der Waals surface area contributed by atoms with Crippen molar-refractivity contribution in [3.05, 3.63) is 29.8 Å². The minimum atomic E-state index is -3.45. The van der Waals surface area contributed by atoms with E-state index in [1.54, 1.807) is 24.3 Å². The molecule has 1 saturated heterocycles. The monoisotopic (exact) mass is 368 g/mol. The van der Waals surface area contributed by atoms with E-state index in [0.717, 1.165) is 19.3 Å². The number of sulfonamides is 1. The molecule has 0 saturated carbocycles. The van der Waals surface area contributed by atoms with Gasteiger partial charge in [0.15, 0.2) is 0 Å². The van der Waals surface area contributed by atoms with Gasteiger partial charge in [0.25, 0.3) is 0 Å². The average molecular weight is 368 g/mol. The van der Waals surface area contributed by atoms with Crippen molar-refractivity contribution >= 4 is 21.9 Å². The van der Waals surface area contributed by atoms with Crippen LogP contribution in [0.5, 0.6) is 0 Å². The Morgan fingerprint density at radius 1 is 1.12 bits per heavy atom. The second-order valence-corrected chi connectivity index (χ2v) is 7.90. The molecule has 7 nitrogen and oxygen atoms in total. The number of methoxy groups -OCH3 is 1. The Morgan fingerprint density at radius 2 is 1.76 bits per heavy atom. The lowest BCUT2D eigenvalue weighted by Crippen LogP contribution is -2.35. The van der Waals surface area contributed by atoms with Gasteiger partial charge in [0, 0.05) is 19.6 Å². The van der Waals surface area contributed by atoms with Gasteiger partial charge in [-0.3, -0.25) is 9.59 Å². The van der Waals surface area contributed by atoms with Crippen molar-refractivity contribution in [3.63, 3.8) is 0 Å². The van der Waals surface area contributed by atoms with E-state index in [4.69, 9.17) is 0 Å². The molecule has 8 heteroatoms. The number of esters is 1. The Morgan fingerprint density at radius 3 is 2.36 bits per heavy atom. The van der Waals surface area contributed by atoms with E-state index in [9.17, 15) is 18.0 Å². The topological polar surface area (TPSA) is 92.8 Å². The minimum absolute atomic E-state index is 0.120. The molecule has 0 aliphatic carbocycles. The van der Waals surface area contributed by atoms with Crippen molar-refractivity contribution in [1.29, 1.82) is 0 Å². The van der Waals surface area contributed by atoms with Crippen LogP contribution in [0, 0.1) is 0 Å². The number of rotatable bonds is 7. The Bertz CT molecular complexity index is 694. The molecule has 138 valence electrons. The van der Waals surface area contributed by atoms with Crippen LogP contribution in [0.4, 0.5) is 0 Å². The largest absolute Gasteiger partial charge is 0.469 e. The predicted octanol–water partition coefficient (Wildman–Crippen LogP) is 1.08. The molecule has 0 unspecified atom stereocenters. The number of piperidine rings is 1. The highest BCUT2D eigenvalue weighted by Gasteiger charge is 2.25. The summed E-state index contributed by atoms with van der Waals surface area (Å²) in [5.41, 5.74) is 0.716. The van der Waals surface area contributed by atoms with E-state index in [0.29, 0.717) is 18.7 Å². The summed E-state index contributed by atoms with van der Waals surface area (Å²) in [6, 6.07) is 6.38. The first-order valence-corrected chi connectivity index (χ1v) is 9.80. The lowest BCUT2D eigenvalue weighted by atomic mass is 10.1. The number of hydrogen-bond acceptors (Lipinski definition) is 5. The Hall–Kier alpha value is -1.93. The maximum absolute atomic E-state index is 12.6. The number of nitrogens with one attached hydrogen (secondary N) is 1. The Kier molecular flexibility index (Phi) is 6.95. The molecule has 0 bridgehead atoms. The van der Waals surface area contributed by atoms with E-state index >= 15 is 0 Å². The number of carbonyl (C=O) groups is 2. The van der Waals surface area contributed by atoms with Gasteiger partial charge in [0.05, 0.1) is 24.8 Å². The molecule has 0 aromatic heterocycles. The summed E-state index contributed by atoms with van der Waals surface area (Å²) in [5.74, 6) is -0.608. The van der Waals surface area contributed by atoms with E-state index in [-0.39, 0.29) is 36.2 Å². The fourth-order valence-electron chi connectivity index (χ4n) is 2.69. The number of hydrogen-bond donors (Lipinski definition) is 1. The van der Waals surface area contributed by atoms with Crippen LogP contribution >= 0.6 is 0 Å². The highest BCUT2D eigenvalue weighted by molar-refractivity contribution is 7.89. The number of carbonyl (C=O) groups excluding carboxylic acids is 2. The van der Waals surface area contributed by atoms with Gasteiger partial charge in [-0.05, 0) is 30.5 Å². The van der Waals surface area contributed by atoms with E-state index in [1.807, 2.05) is 0 Å². The van der Waals surface area contributed by atoms with Gasteiger partial charge in [0.1, 0.15) is 0 Å². The summed E-state index contributed by atoms with van der Waals surface area (Å²) in [7, 11) is -2.16. The maximum atomic E-state index is 12.6. The van der Waals surface area contributed by atoms with Gasteiger partial charge < -0.3 is 10.1 Å². The molecule has 1 aliphatic heterocycles. The van der Waals surface area contributed by atoms with Gasteiger partial charge in [-0.25, -0.2) is 8.42 Å². The van der Waals surface area contributed by atoms with Gasteiger partial charge in [-0.2, -0.15) is 4.31 Å². The van der Waals surface area contributed by atoms with Crippen molar-refractivity contribution in [2.75, 3.05) is 26.7 Å². The van der Waals surface area contributed by atoms with Gasteiger partial charge >= 0.3 is 5.97 Å². The molecule has 1 amide bonds. The van der Waals surface area contributed by atoms with Crippen LogP contribution in [0.15, 0.2) is 29.2 Å². The van der Waals surface area contributed by atoms with Gasteiger partial charge in [-0.1, -0.05) is 18.6 Å². The quantitative estimate of drug-likeness (QED) is 0.727. The highest BCUT2D eigenvalue weighted by Crippen LogP contribution is 2.20. The van der Waals surface area contributed by atoms with E-state index in [2.05, 4.69) is 10.1 Å². The van der Waals surface area contributed by atoms with Crippen LogP contribution < -0.4 is 5.32 Å². The molecule has 0 atom stereocenters. The molecule has 2 rings (SSSR count). The van der Waals surface area contributed by atoms with Crippen LogP contribution in [0.2, 0.25) is 0 Å². The van der Waals surface area contributed by atoms with Crippen molar-refractivity contribution in [1.82, 2.24) is 9.62 Å². The zero-order valence-corrected chi connectivity index (χ0v) is 15.2. The van der Waals surface area contributed by atoms with Crippen LogP contribution in [0.3, 0.4) is 0 Å². The Labute approximate surface area is 148 Å². The SMILES string of the molecule is COC(=O)CCNC(=O)Cc1ccc(S(=O)(=O)N2CCCCC2)cc1. The lowest BCUT2D eigenvalue weighted by molar-refractivity contribution is -0.140. The molecular formula is C17H24N2O5S. The highest BCUT2D eigenvalue weighted by atomic mass is 32.2. The second-order valence-electron chi connectivity index (χ2n) is 5.96. The van der Waals surface area contributed by atoms with Crippen LogP contribution in [0.1, 0.15) is 31.2 Å². The molecule has 1 N–H and O–H groups in total. The summed E-state index contributed by atoms with van der Waals surface area (Å²) in [6.07, 6.45) is 3.10. The van der Waals surface area contributed by atoms with Crippen molar-refractivity contribution in [2.24, 2.45) is 0 Å². The van der Waals surface area contributed by atoms with Crippen molar-refractivity contribution < 1.29 is 22.7 Å². The third kappa shape index (κ3) is 5.54. The predicted molar refractivity (Wildman–Crippen MR) is 92.4 cm³/mol. The average Bonchev–Trinajstić information content (AvgIpc) is 2.62. The van der Waals surface area contributed by atoms with Crippen LogP contribution in [0.25, 0.3) is 0 Å². The third-order valence-corrected chi connectivity index (χ3v) is 6.03. The lowest BCUT2D eigenvalue weighted by Gasteiger charge is -2.25. The van der Waals surface area contributed by atoms with Crippen molar-refractivity contribution in [2.45, 2.75) is 37.0 Å².